The molecule has 0 amide bonds. The minimum Gasteiger partial charge on any atom is -0.476 e. The molecule has 5 unspecified atom stereocenters. The van der Waals surface area contributed by atoms with Crippen molar-refractivity contribution in [3.05, 3.63) is 93.2 Å². The van der Waals surface area contributed by atoms with Crippen molar-refractivity contribution in [3.8, 4) is 5.75 Å². The summed E-state index contributed by atoms with van der Waals surface area (Å²) >= 11 is 9.76. The van der Waals surface area contributed by atoms with Gasteiger partial charge in [-0.3, -0.25) is 9.17 Å². The van der Waals surface area contributed by atoms with E-state index in [1.165, 1.54) is 6.20 Å². The molecule has 3 aromatic rings. The highest BCUT2D eigenvalue weighted by Gasteiger charge is 2.78. The van der Waals surface area contributed by atoms with Gasteiger partial charge in [0, 0.05) is 35.1 Å². The standard InChI is InChI=1S/C26H26BrClN2O5S/c1-30(2)15-20-22(16-7-5-4-6-8-16)26(17-9-11-18(27)12-10-17)25(31,24(20)35-36(3,32)33)23-21(34-26)13-19(28)14-29-23/h4-14,20,22,24,31H,15H2,1-3H3. The summed E-state index contributed by atoms with van der Waals surface area (Å²) in [5.41, 5.74) is -1.66. The Bertz CT molecular complexity index is 1390. The monoisotopic (exact) mass is 592 g/mol. The van der Waals surface area contributed by atoms with E-state index in [4.69, 9.17) is 20.5 Å². The molecule has 190 valence electrons. The number of benzene rings is 2. The molecule has 1 aliphatic carbocycles. The van der Waals surface area contributed by atoms with Crippen LogP contribution >= 0.6 is 27.5 Å². The van der Waals surface area contributed by atoms with Crippen molar-refractivity contribution in [3.63, 3.8) is 0 Å². The maximum Gasteiger partial charge on any atom is 0.264 e. The summed E-state index contributed by atoms with van der Waals surface area (Å²) in [6.45, 7) is 0.423. The first-order chi connectivity index (χ1) is 17.0. The molecule has 7 nitrogen and oxygen atoms in total. The van der Waals surface area contributed by atoms with Crippen LogP contribution in [0, 0.1) is 5.92 Å². The summed E-state index contributed by atoms with van der Waals surface area (Å²) in [5.74, 6) is -0.706. The largest absolute Gasteiger partial charge is 0.476 e. The number of aromatic nitrogens is 1. The van der Waals surface area contributed by atoms with Crippen LogP contribution in [0.3, 0.4) is 0 Å². The number of hydrogen-bond donors (Lipinski definition) is 1. The van der Waals surface area contributed by atoms with Crippen LogP contribution in [0.25, 0.3) is 0 Å². The first-order valence-electron chi connectivity index (χ1n) is 11.4. The van der Waals surface area contributed by atoms with Crippen LogP contribution < -0.4 is 4.74 Å². The third-order valence-corrected chi connectivity index (χ3v) is 8.26. The van der Waals surface area contributed by atoms with E-state index in [0.29, 0.717) is 22.9 Å². The number of nitrogens with zero attached hydrogens (tertiary/aromatic N) is 2. The van der Waals surface area contributed by atoms with E-state index in [0.717, 1.165) is 16.3 Å². The second-order valence-electron chi connectivity index (χ2n) is 9.65. The summed E-state index contributed by atoms with van der Waals surface area (Å²) in [5, 5.41) is 13.2. The molecule has 10 heteroatoms. The molecule has 0 spiro atoms. The number of fused-ring (bicyclic) bond motifs is 3. The minimum atomic E-state index is -3.98. The minimum absolute atomic E-state index is 0.200. The molecule has 2 aromatic carbocycles. The molecule has 0 radical (unpaired) electrons. The number of rotatable bonds is 6. The lowest BCUT2D eigenvalue weighted by Gasteiger charge is -2.40. The van der Waals surface area contributed by atoms with E-state index in [1.54, 1.807) is 6.07 Å². The Morgan fingerprint density at radius 2 is 1.83 bits per heavy atom. The van der Waals surface area contributed by atoms with Gasteiger partial charge in [-0.05, 0) is 37.4 Å². The highest BCUT2D eigenvalue weighted by molar-refractivity contribution is 9.10. The number of ether oxygens (including phenoxy) is 1. The zero-order valence-corrected chi connectivity index (χ0v) is 23.1. The quantitative estimate of drug-likeness (QED) is 0.427. The lowest BCUT2D eigenvalue weighted by Crippen LogP contribution is -2.53. The molecule has 1 saturated carbocycles. The fourth-order valence-electron chi connectivity index (χ4n) is 5.89. The molecule has 1 N–H and O–H groups in total. The summed E-state index contributed by atoms with van der Waals surface area (Å²) in [6.07, 6.45) is 1.22. The molecule has 0 saturated heterocycles. The molecule has 1 aliphatic heterocycles. The van der Waals surface area contributed by atoms with Crippen LogP contribution in [-0.2, 0) is 25.5 Å². The Labute approximate surface area is 224 Å². The molecule has 1 fully saturated rings. The third kappa shape index (κ3) is 3.97. The summed E-state index contributed by atoms with van der Waals surface area (Å²) in [7, 11) is -0.181. The van der Waals surface area contributed by atoms with E-state index in [1.807, 2.05) is 73.6 Å². The summed E-state index contributed by atoms with van der Waals surface area (Å²) in [4.78, 5) is 6.43. The molecular formula is C26H26BrClN2O5S. The molecule has 2 aliphatic rings. The van der Waals surface area contributed by atoms with Gasteiger partial charge in [-0.15, -0.1) is 0 Å². The smallest absolute Gasteiger partial charge is 0.264 e. The summed E-state index contributed by atoms with van der Waals surface area (Å²) < 4.78 is 38.6. The van der Waals surface area contributed by atoms with Crippen LogP contribution in [0.1, 0.15) is 22.7 Å². The predicted octanol–water partition coefficient (Wildman–Crippen LogP) is 4.29. The number of pyridine rings is 1. The van der Waals surface area contributed by atoms with Crippen LogP contribution in [0.4, 0.5) is 0 Å². The van der Waals surface area contributed by atoms with Crippen molar-refractivity contribution in [2.75, 3.05) is 26.9 Å². The fourth-order valence-corrected chi connectivity index (χ4v) is 6.97. The first kappa shape index (κ1) is 25.6. The van der Waals surface area contributed by atoms with Gasteiger partial charge in [0.1, 0.15) is 17.5 Å². The Balaban J connectivity index is 1.89. The molecule has 5 atom stereocenters. The van der Waals surface area contributed by atoms with Crippen LogP contribution in [0.2, 0.25) is 5.02 Å². The van der Waals surface area contributed by atoms with E-state index in [2.05, 4.69) is 20.9 Å². The number of aliphatic hydroxyl groups is 1. The van der Waals surface area contributed by atoms with Gasteiger partial charge in [-0.2, -0.15) is 8.42 Å². The topological polar surface area (TPSA) is 89.0 Å². The van der Waals surface area contributed by atoms with E-state index in [9.17, 15) is 13.5 Å². The lowest BCUT2D eigenvalue weighted by molar-refractivity contribution is -0.145. The van der Waals surface area contributed by atoms with E-state index in [-0.39, 0.29) is 5.69 Å². The Morgan fingerprint density at radius 3 is 2.44 bits per heavy atom. The van der Waals surface area contributed by atoms with Crippen molar-refractivity contribution in [1.29, 1.82) is 0 Å². The van der Waals surface area contributed by atoms with Crippen LogP contribution in [-0.4, -0.2) is 56.4 Å². The second-order valence-corrected chi connectivity index (χ2v) is 12.6. The molecular weight excluding hydrogens is 568 g/mol. The highest BCUT2D eigenvalue weighted by Crippen LogP contribution is 2.69. The number of hydrogen-bond acceptors (Lipinski definition) is 7. The Hall–Kier alpha value is -2.01. The Morgan fingerprint density at radius 1 is 1.17 bits per heavy atom. The molecule has 36 heavy (non-hydrogen) atoms. The maximum atomic E-state index is 12.8. The van der Waals surface area contributed by atoms with Crippen LogP contribution in [0.5, 0.6) is 5.75 Å². The van der Waals surface area contributed by atoms with Gasteiger partial charge in [0.05, 0.1) is 11.3 Å². The fraction of sp³-hybridized carbons (Fsp3) is 0.346. The van der Waals surface area contributed by atoms with Gasteiger partial charge >= 0.3 is 0 Å². The van der Waals surface area contributed by atoms with Crippen molar-refractivity contribution in [2.24, 2.45) is 5.92 Å². The molecule has 1 aromatic heterocycles. The van der Waals surface area contributed by atoms with Gasteiger partial charge in [0.2, 0.25) is 0 Å². The van der Waals surface area contributed by atoms with Gasteiger partial charge in [0.25, 0.3) is 10.1 Å². The van der Waals surface area contributed by atoms with E-state index >= 15 is 0 Å². The van der Waals surface area contributed by atoms with Gasteiger partial charge in [-0.1, -0.05) is 70.0 Å². The average molecular weight is 594 g/mol. The predicted molar refractivity (Wildman–Crippen MR) is 141 cm³/mol. The number of halogens is 2. The molecule has 2 heterocycles. The van der Waals surface area contributed by atoms with E-state index < -0.39 is 39.3 Å². The Kier molecular flexibility index (Phi) is 6.46. The SMILES string of the molecule is CN(C)CC1C(OS(C)(=O)=O)C2(O)c3ncc(Cl)cc3OC2(c2ccc(Br)cc2)C1c1ccccc1. The molecule has 5 rings (SSSR count). The van der Waals surface area contributed by atoms with Crippen LogP contribution in [0.15, 0.2) is 71.3 Å². The lowest BCUT2D eigenvalue weighted by atomic mass is 9.71. The normalized spacial score (nSPS) is 29.1. The maximum absolute atomic E-state index is 12.8. The van der Waals surface area contributed by atoms with Crippen molar-refractivity contribution < 1.29 is 22.4 Å². The average Bonchev–Trinajstić information content (AvgIpc) is 3.16. The highest BCUT2D eigenvalue weighted by atomic mass is 79.9. The third-order valence-electron chi connectivity index (χ3n) is 6.97. The zero-order valence-electron chi connectivity index (χ0n) is 19.9. The van der Waals surface area contributed by atoms with Crippen molar-refractivity contribution in [2.45, 2.75) is 23.2 Å². The van der Waals surface area contributed by atoms with Gasteiger partial charge in [0.15, 0.2) is 11.2 Å². The molecule has 0 bridgehead atoms. The first-order valence-corrected chi connectivity index (χ1v) is 14.4. The van der Waals surface area contributed by atoms with Gasteiger partial charge in [-0.25, -0.2) is 0 Å². The zero-order chi connectivity index (χ0) is 25.9. The summed E-state index contributed by atoms with van der Waals surface area (Å²) in [6, 6.07) is 18.7. The second kappa shape index (κ2) is 9.08. The van der Waals surface area contributed by atoms with Crippen molar-refractivity contribution >= 4 is 37.6 Å². The van der Waals surface area contributed by atoms with Crippen molar-refractivity contribution in [1.82, 2.24) is 9.88 Å². The van der Waals surface area contributed by atoms with Gasteiger partial charge < -0.3 is 14.7 Å².